The Bertz CT molecular complexity index is 869. The number of carbonyl (C=O) groups is 3. The number of ether oxygens (including phenoxy) is 2. The quantitative estimate of drug-likeness (QED) is 0.452. The van der Waals surface area contributed by atoms with Crippen molar-refractivity contribution in [3.8, 4) is 5.75 Å². The molecule has 0 saturated carbocycles. The van der Waals surface area contributed by atoms with Crippen molar-refractivity contribution >= 4 is 29.3 Å². The molecule has 0 aliphatic rings. The summed E-state index contributed by atoms with van der Waals surface area (Å²) < 4.78 is 10.4. The molecule has 0 atom stereocenters. The molecule has 1 aromatic heterocycles. The Hall–Kier alpha value is -2.54. The number of Topliss-reactive ketones (excluding diaryl/α,β-unsaturated/α-hetero) is 2. The van der Waals surface area contributed by atoms with Crippen LogP contribution >= 0.6 is 11.8 Å². The lowest BCUT2D eigenvalue weighted by Crippen LogP contribution is -2.16. The lowest BCUT2D eigenvalue weighted by atomic mass is 10.1. The van der Waals surface area contributed by atoms with Crippen molar-refractivity contribution in [3.63, 3.8) is 0 Å². The summed E-state index contributed by atoms with van der Waals surface area (Å²) in [6.07, 6.45) is 1.92. The molecule has 7 heteroatoms. The van der Waals surface area contributed by atoms with Crippen LogP contribution in [0.25, 0.3) is 0 Å². The molecule has 0 aliphatic carbocycles. The van der Waals surface area contributed by atoms with Crippen LogP contribution in [0.3, 0.4) is 0 Å². The normalized spacial score (nSPS) is 10.5. The van der Waals surface area contributed by atoms with Gasteiger partial charge < -0.3 is 14.5 Å². The smallest absolute Gasteiger partial charge is 0.342 e. The molecule has 0 unspecified atom stereocenters. The second-order valence-electron chi connectivity index (χ2n) is 5.75. The Morgan fingerprint density at radius 3 is 2.42 bits per heavy atom. The third-order valence-corrected chi connectivity index (χ3v) is 4.76. The molecular weight excluding hydrogens is 354 g/mol. The van der Waals surface area contributed by atoms with Crippen molar-refractivity contribution < 1.29 is 23.9 Å². The number of methoxy groups -OCH3 is 1. The van der Waals surface area contributed by atoms with E-state index in [0.717, 1.165) is 4.90 Å². The van der Waals surface area contributed by atoms with E-state index >= 15 is 0 Å². The average Bonchev–Trinajstić information content (AvgIpc) is 2.93. The summed E-state index contributed by atoms with van der Waals surface area (Å²) in [7, 11) is 1.47. The standard InChI is InChI=1S/C19H21NO5S/c1-10-17(12(3)21)11(2)20-18(10)15(22)9-25-19(23)14-7-6-13(26-5)8-16(14)24-4/h6-8,20H,9H2,1-5H3. The first-order valence-electron chi connectivity index (χ1n) is 7.92. The minimum atomic E-state index is -0.643. The van der Waals surface area contributed by atoms with Gasteiger partial charge in [-0.25, -0.2) is 4.79 Å². The fourth-order valence-electron chi connectivity index (χ4n) is 2.81. The van der Waals surface area contributed by atoms with Crippen LogP contribution in [0.15, 0.2) is 23.1 Å². The van der Waals surface area contributed by atoms with Crippen molar-refractivity contribution in [2.45, 2.75) is 25.7 Å². The number of H-pyrrole nitrogens is 1. The van der Waals surface area contributed by atoms with Crippen molar-refractivity contribution in [1.82, 2.24) is 4.98 Å². The largest absolute Gasteiger partial charge is 0.496 e. The highest BCUT2D eigenvalue weighted by atomic mass is 32.2. The Morgan fingerprint density at radius 1 is 1.19 bits per heavy atom. The summed E-state index contributed by atoms with van der Waals surface area (Å²) in [5, 5.41) is 0. The number of hydrogen-bond donors (Lipinski definition) is 1. The number of hydrogen-bond acceptors (Lipinski definition) is 6. The van der Waals surface area contributed by atoms with Gasteiger partial charge in [0, 0.05) is 16.2 Å². The number of ketones is 2. The number of rotatable bonds is 7. The maximum Gasteiger partial charge on any atom is 0.342 e. The van der Waals surface area contributed by atoms with E-state index < -0.39 is 18.4 Å². The summed E-state index contributed by atoms with van der Waals surface area (Å²) in [5.41, 5.74) is 2.22. The Morgan fingerprint density at radius 2 is 1.88 bits per heavy atom. The van der Waals surface area contributed by atoms with Gasteiger partial charge in [-0.1, -0.05) is 0 Å². The van der Waals surface area contributed by atoms with Crippen LogP contribution in [0.2, 0.25) is 0 Å². The number of aryl methyl sites for hydroxylation is 1. The second-order valence-corrected chi connectivity index (χ2v) is 6.63. The first-order valence-corrected chi connectivity index (χ1v) is 9.15. The van der Waals surface area contributed by atoms with Crippen molar-refractivity contribution in [1.29, 1.82) is 0 Å². The lowest BCUT2D eigenvalue weighted by molar-refractivity contribution is 0.0470. The SMILES string of the molecule is COc1cc(SC)ccc1C(=O)OCC(=O)c1[nH]c(C)c(C(C)=O)c1C. The maximum atomic E-state index is 12.4. The molecule has 26 heavy (non-hydrogen) atoms. The van der Waals surface area contributed by atoms with Gasteiger partial charge >= 0.3 is 5.97 Å². The molecule has 138 valence electrons. The third-order valence-electron chi connectivity index (χ3n) is 4.03. The molecule has 0 bridgehead atoms. The molecule has 0 saturated heterocycles. The predicted octanol–water partition coefficient (Wildman–Crippen LogP) is 3.60. The van der Waals surface area contributed by atoms with E-state index in [-0.39, 0.29) is 17.0 Å². The number of thioether (sulfide) groups is 1. The maximum absolute atomic E-state index is 12.4. The number of aromatic nitrogens is 1. The Kier molecular flexibility index (Phi) is 6.26. The number of carbonyl (C=O) groups excluding carboxylic acids is 3. The van der Waals surface area contributed by atoms with Crippen LogP contribution in [0.4, 0.5) is 0 Å². The zero-order chi connectivity index (χ0) is 19.4. The van der Waals surface area contributed by atoms with Gasteiger partial charge in [-0.3, -0.25) is 9.59 Å². The van der Waals surface area contributed by atoms with Crippen LogP contribution in [-0.4, -0.2) is 42.5 Å². The molecule has 1 aromatic carbocycles. The average molecular weight is 375 g/mol. The van der Waals surface area contributed by atoms with E-state index in [1.165, 1.54) is 25.8 Å². The summed E-state index contributed by atoms with van der Waals surface area (Å²) in [4.78, 5) is 40.2. The van der Waals surface area contributed by atoms with Crippen LogP contribution < -0.4 is 4.74 Å². The molecule has 2 rings (SSSR count). The van der Waals surface area contributed by atoms with Crippen LogP contribution in [-0.2, 0) is 4.74 Å². The van der Waals surface area contributed by atoms with E-state index in [1.807, 2.05) is 6.26 Å². The summed E-state index contributed by atoms with van der Waals surface area (Å²) >= 11 is 1.52. The molecule has 6 nitrogen and oxygen atoms in total. The first-order chi connectivity index (χ1) is 12.3. The minimum Gasteiger partial charge on any atom is -0.496 e. The highest BCUT2D eigenvalue weighted by molar-refractivity contribution is 7.98. The Balaban J connectivity index is 2.14. The van der Waals surface area contributed by atoms with Crippen molar-refractivity contribution in [2.75, 3.05) is 20.0 Å². The molecule has 1 N–H and O–H groups in total. The second kappa shape index (κ2) is 8.23. The fraction of sp³-hybridized carbons (Fsp3) is 0.316. The van der Waals surface area contributed by atoms with Gasteiger partial charge in [-0.05, 0) is 50.8 Å². The molecule has 0 fully saturated rings. The number of esters is 1. The molecule has 1 heterocycles. The van der Waals surface area contributed by atoms with Gasteiger partial charge in [0.2, 0.25) is 5.78 Å². The molecule has 0 radical (unpaired) electrons. The van der Waals surface area contributed by atoms with Crippen molar-refractivity contribution in [2.24, 2.45) is 0 Å². The van der Waals surface area contributed by atoms with Crippen LogP contribution in [0.5, 0.6) is 5.75 Å². The summed E-state index contributed by atoms with van der Waals surface area (Å²) in [6.45, 7) is 4.44. The molecule has 2 aromatic rings. The van der Waals surface area contributed by atoms with Gasteiger partial charge in [-0.15, -0.1) is 11.8 Å². The van der Waals surface area contributed by atoms with E-state index in [9.17, 15) is 14.4 Å². The molecule has 0 amide bonds. The first kappa shape index (κ1) is 19.8. The highest BCUT2D eigenvalue weighted by Gasteiger charge is 2.22. The fourth-order valence-corrected chi connectivity index (χ4v) is 3.23. The van der Waals surface area contributed by atoms with Crippen molar-refractivity contribution in [3.05, 3.63) is 46.3 Å². The van der Waals surface area contributed by atoms with Gasteiger partial charge in [0.25, 0.3) is 0 Å². The van der Waals surface area contributed by atoms with E-state index in [1.54, 1.807) is 32.0 Å². The third kappa shape index (κ3) is 3.99. The lowest BCUT2D eigenvalue weighted by Gasteiger charge is -2.09. The molecule has 0 aliphatic heterocycles. The highest BCUT2D eigenvalue weighted by Crippen LogP contribution is 2.26. The zero-order valence-corrected chi connectivity index (χ0v) is 16.2. The minimum absolute atomic E-state index is 0.120. The summed E-state index contributed by atoms with van der Waals surface area (Å²) in [5.74, 6) is -0.771. The van der Waals surface area contributed by atoms with Gasteiger partial charge in [0.1, 0.15) is 11.3 Å². The molecular formula is C19H21NO5S. The van der Waals surface area contributed by atoms with E-state index in [2.05, 4.69) is 4.98 Å². The van der Waals surface area contributed by atoms with Crippen LogP contribution in [0.1, 0.15) is 49.4 Å². The monoisotopic (exact) mass is 375 g/mol. The number of benzene rings is 1. The Labute approximate surface area is 156 Å². The van der Waals surface area contributed by atoms with E-state index in [0.29, 0.717) is 22.6 Å². The van der Waals surface area contributed by atoms with Gasteiger partial charge in [0.05, 0.1) is 12.8 Å². The topological polar surface area (TPSA) is 85.5 Å². The number of aromatic amines is 1. The van der Waals surface area contributed by atoms with Gasteiger partial charge in [0.15, 0.2) is 12.4 Å². The summed E-state index contributed by atoms with van der Waals surface area (Å²) in [6, 6.07) is 5.12. The van der Waals surface area contributed by atoms with Crippen LogP contribution in [0, 0.1) is 13.8 Å². The zero-order valence-electron chi connectivity index (χ0n) is 15.4. The van der Waals surface area contributed by atoms with Gasteiger partial charge in [-0.2, -0.15) is 0 Å². The van der Waals surface area contributed by atoms with E-state index in [4.69, 9.17) is 9.47 Å². The predicted molar refractivity (Wildman–Crippen MR) is 99.7 cm³/mol. The number of nitrogens with one attached hydrogen (secondary N) is 1. The molecule has 0 spiro atoms.